The van der Waals surface area contributed by atoms with Crippen LogP contribution in [0.15, 0.2) is 36.7 Å². The molecular formula is C22H24ClN3O3. The molecule has 1 fully saturated rings. The topological polar surface area (TPSA) is 79.5 Å². The van der Waals surface area contributed by atoms with Gasteiger partial charge in [0.25, 0.3) is 0 Å². The number of hydrogen-bond donors (Lipinski definition) is 3. The summed E-state index contributed by atoms with van der Waals surface area (Å²) in [5.74, 6) is 0.722. The molecule has 3 heterocycles. The molecule has 0 spiro atoms. The molecule has 3 N–H and O–H groups in total. The molecule has 4 atom stereocenters. The molecule has 3 aromatic rings. The molecule has 0 amide bonds. The maximum Gasteiger partial charge on any atom is 0.140 e. The molecule has 7 heteroatoms. The van der Waals surface area contributed by atoms with Gasteiger partial charge in [-0.15, -0.1) is 0 Å². The number of benzene rings is 1. The van der Waals surface area contributed by atoms with E-state index in [1.807, 2.05) is 42.0 Å². The molecule has 1 aromatic carbocycles. The summed E-state index contributed by atoms with van der Waals surface area (Å²) in [6.07, 6.45) is 2.62. The van der Waals surface area contributed by atoms with Gasteiger partial charge in [0.2, 0.25) is 0 Å². The molecule has 5 rings (SSSR count). The number of aromatic nitrogens is 2. The van der Waals surface area contributed by atoms with Crippen molar-refractivity contribution in [1.82, 2.24) is 14.9 Å². The second-order valence-electron chi connectivity index (χ2n) is 7.96. The van der Waals surface area contributed by atoms with Crippen LogP contribution >= 0.6 is 11.6 Å². The number of aliphatic hydroxyl groups excluding tert-OH is 2. The SMILES string of the molecule is Cc1ccnc2c1ccn2[C@@H]1C[C@H](Oc2ccc(Cl)c3c2CNCC3)[C@@H](O)[C@H]1O. The molecule has 1 saturated carbocycles. The van der Waals surface area contributed by atoms with Crippen molar-refractivity contribution in [2.75, 3.05) is 6.54 Å². The van der Waals surface area contributed by atoms with Crippen LogP contribution in [-0.4, -0.2) is 44.6 Å². The lowest BCUT2D eigenvalue weighted by atomic mass is 10.00. The fourth-order valence-electron chi connectivity index (χ4n) is 4.63. The average molecular weight is 414 g/mol. The van der Waals surface area contributed by atoms with Crippen LogP contribution in [0.5, 0.6) is 5.75 Å². The standard InChI is InChI=1S/C22H24ClN3O3/c1-12-4-8-25-22-13(12)6-9-26(22)17-10-19(21(28)20(17)27)29-18-3-2-16(23)14-5-7-24-11-15(14)18/h2-4,6,8-9,17,19-21,24,27-28H,5,7,10-11H2,1H3/t17-,19+,20+,21-/m1/s1. The first-order chi connectivity index (χ1) is 14.0. The minimum Gasteiger partial charge on any atom is -0.487 e. The number of halogens is 1. The van der Waals surface area contributed by atoms with Crippen molar-refractivity contribution in [3.8, 4) is 5.75 Å². The van der Waals surface area contributed by atoms with Crippen LogP contribution in [0, 0.1) is 6.92 Å². The van der Waals surface area contributed by atoms with Gasteiger partial charge in [-0.3, -0.25) is 0 Å². The van der Waals surface area contributed by atoms with Gasteiger partial charge in [0.15, 0.2) is 0 Å². The van der Waals surface area contributed by atoms with Gasteiger partial charge >= 0.3 is 0 Å². The summed E-state index contributed by atoms with van der Waals surface area (Å²) in [4.78, 5) is 4.49. The Morgan fingerprint density at radius 2 is 2.03 bits per heavy atom. The Bertz CT molecular complexity index is 1070. The lowest BCUT2D eigenvalue weighted by molar-refractivity contribution is -0.0166. The van der Waals surface area contributed by atoms with Crippen LogP contribution in [0.1, 0.15) is 29.2 Å². The summed E-state index contributed by atoms with van der Waals surface area (Å²) in [7, 11) is 0. The highest BCUT2D eigenvalue weighted by Gasteiger charge is 2.44. The first-order valence-corrected chi connectivity index (χ1v) is 10.4. The first kappa shape index (κ1) is 18.9. The van der Waals surface area contributed by atoms with E-state index in [1.165, 1.54) is 0 Å². The molecule has 0 bridgehead atoms. The highest BCUT2D eigenvalue weighted by molar-refractivity contribution is 6.31. The van der Waals surface area contributed by atoms with Gasteiger partial charge < -0.3 is 24.8 Å². The van der Waals surface area contributed by atoms with Crippen LogP contribution in [-0.2, 0) is 13.0 Å². The predicted molar refractivity (Wildman–Crippen MR) is 111 cm³/mol. The van der Waals surface area contributed by atoms with Gasteiger partial charge in [-0.25, -0.2) is 4.98 Å². The largest absolute Gasteiger partial charge is 0.487 e. The molecule has 0 radical (unpaired) electrons. The maximum absolute atomic E-state index is 10.8. The second-order valence-corrected chi connectivity index (χ2v) is 8.37. The Morgan fingerprint density at radius 3 is 2.90 bits per heavy atom. The molecule has 1 aliphatic carbocycles. The molecule has 0 saturated heterocycles. The second kappa shape index (κ2) is 7.29. The highest BCUT2D eigenvalue weighted by atomic mass is 35.5. The zero-order chi connectivity index (χ0) is 20.1. The lowest BCUT2D eigenvalue weighted by Crippen LogP contribution is -2.34. The summed E-state index contributed by atoms with van der Waals surface area (Å²) >= 11 is 6.36. The Balaban J connectivity index is 1.44. The summed E-state index contributed by atoms with van der Waals surface area (Å²) in [6, 6.07) is 7.38. The quantitative estimate of drug-likeness (QED) is 0.615. The third-order valence-corrected chi connectivity index (χ3v) is 6.61. The number of ether oxygens (including phenoxy) is 1. The van der Waals surface area contributed by atoms with Crippen molar-refractivity contribution in [3.63, 3.8) is 0 Å². The number of nitrogens with one attached hydrogen (secondary N) is 1. The zero-order valence-corrected chi connectivity index (χ0v) is 16.9. The minimum atomic E-state index is -0.981. The van der Waals surface area contributed by atoms with E-state index in [0.29, 0.717) is 13.0 Å². The number of fused-ring (bicyclic) bond motifs is 2. The van der Waals surface area contributed by atoms with E-state index in [-0.39, 0.29) is 6.04 Å². The minimum absolute atomic E-state index is 0.303. The highest BCUT2D eigenvalue weighted by Crippen LogP contribution is 2.38. The summed E-state index contributed by atoms with van der Waals surface area (Å²) in [5.41, 5.74) is 4.09. The summed E-state index contributed by atoms with van der Waals surface area (Å²) < 4.78 is 8.19. The lowest BCUT2D eigenvalue weighted by Gasteiger charge is -2.25. The number of pyridine rings is 1. The van der Waals surface area contributed by atoms with Gasteiger partial charge in [0, 0.05) is 41.3 Å². The van der Waals surface area contributed by atoms with Crippen LogP contribution in [0.25, 0.3) is 11.0 Å². The normalized spacial score (nSPS) is 26.6. The van der Waals surface area contributed by atoms with Gasteiger partial charge in [0.1, 0.15) is 29.7 Å². The van der Waals surface area contributed by atoms with E-state index in [4.69, 9.17) is 16.3 Å². The van der Waals surface area contributed by atoms with Gasteiger partial charge in [0.05, 0.1) is 6.04 Å². The maximum atomic E-state index is 10.8. The smallest absolute Gasteiger partial charge is 0.140 e. The van der Waals surface area contributed by atoms with Crippen LogP contribution in [0.3, 0.4) is 0 Å². The van der Waals surface area contributed by atoms with Crippen molar-refractivity contribution in [2.24, 2.45) is 0 Å². The molecule has 152 valence electrons. The van der Waals surface area contributed by atoms with Gasteiger partial charge in [-0.1, -0.05) is 11.6 Å². The van der Waals surface area contributed by atoms with E-state index >= 15 is 0 Å². The third kappa shape index (κ3) is 3.11. The Kier molecular flexibility index (Phi) is 4.75. The van der Waals surface area contributed by atoms with Crippen LogP contribution in [0.2, 0.25) is 5.02 Å². The predicted octanol–water partition coefficient (Wildman–Crippen LogP) is 2.76. The van der Waals surface area contributed by atoms with Crippen molar-refractivity contribution < 1.29 is 14.9 Å². The molecular weight excluding hydrogens is 390 g/mol. The number of rotatable bonds is 3. The fraction of sp³-hybridized carbons (Fsp3) is 0.409. The fourth-order valence-corrected chi connectivity index (χ4v) is 4.90. The Labute approximate surface area is 174 Å². The molecule has 29 heavy (non-hydrogen) atoms. The molecule has 1 aliphatic heterocycles. The average Bonchev–Trinajstić information content (AvgIpc) is 3.28. The third-order valence-electron chi connectivity index (χ3n) is 6.25. The van der Waals surface area contributed by atoms with E-state index in [0.717, 1.165) is 51.5 Å². The van der Waals surface area contributed by atoms with E-state index in [1.54, 1.807) is 6.20 Å². The number of hydrogen-bond acceptors (Lipinski definition) is 5. The van der Waals surface area contributed by atoms with E-state index in [9.17, 15) is 10.2 Å². The van der Waals surface area contributed by atoms with Crippen LogP contribution < -0.4 is 10.1 Å². The van der Waals surface area contributed by atoms with Crippen molar-refractivity contribution in [3.05, 3.63) is 58.4 Å². The van der Waals surface area contributed by atoms with Gasteiger partial charge in [-0.2, -0.15) is 0 Å². The monoisotopic (exact) mass is 413 g/mol. The molecule has 6 nitrogen and oxygen atoms in total. The van der Waals surface area contributed by atoms with Crippen molar-refractivity contribution in [1.29, 1.82) is 0 Å². The van der Waals surface area contributed by atoms with Crippen molar-refractivity contribution in [2.45, 2.75) is 50.7 Å². The van der Waals surface area contributed by atoms with Crippen molar-refractivity contribution >= 4 is 22.6 Å². The summed E-state index contributed by atoms with van der Waals surface area (Å²) in [6.45, 7) is 3.61. The van der Waals surface area contributed by atoms with E-state index in [2.05, 4.69) is 10.3 Å². The van der Waals surface area contributed by atoms with E-state index < -0.39 is 18.3 Å². The van der Waals surface area contributed by atoms with Crippen LogP contribution in [0.4, 0.5) is 0 Å². The number of aliphatic hydroxyl groups is 2. The molecule has 2 aromatic heterocycles. The number of aryl methyl sites for hydroxylation is 1. The Hall–Kier alpha value is -2.12. The van der Waals surface area contributed by atoms with Gasteiger partial charge in [-0.05, 0) is 55.3 Å². The summed E-state index contributed by atoms with van der Waals surface area (Å²) in [5, 5.41) is 26.6. The molecule has 0 unspecified atom stereocenters. The molecule has 2 aliphatic rings. The number of nitrogens with zero attached hydrogens (tertiary/aromatic N) is 2. The Morgan fingerprint density at radius 1 is 1.17 bits per heavy atom. The first-order valence-electron chi connectivity index (χ1n) is 10.0. The zero-order valence-electron chi connectivity index (χ0n) is 16.2.